The normalized spacial score (nSPS) is 9.74. The molecule has 0 unspecified atom stereocenters. The quantitative estimate of drug-likeness (QED) is 0.839. The highest BCUT2D eigenvalue weighted by Crippen LogP contribution is 2.32. The molecular formula is C15H14N2O2. The van der Waals surface area contributed by atoms with E-state index in [1.165, 1.54) is 11.8 Å². The van der Waals surface area contributed by atoms with E-state index in [0.717, 1.165) is 6.42 Å². The first kappa shape index (κ1) is 12.9. The maximum Gasteiger partial charge on any atom is 0.169 e. The minimum absolute atomic E-state index is 0.362. The van der Waals surface area contributed by atoms with Gasteiger partial charge in [-0.2, -0.15) is 5.26 Å². The monoisotopic (exact) mass is 254 g/mol. The second-order valence-corrected chi connectivity index (χ2v) is 3.93. The van der Waals surface area contributed by atoms with Gasteiger partial charge < -0.3 is 9.47 Å². The van der Waals surface area contributed by atoms with E-state index in [1.807, 2.05) is 24.3 Å². The predicted molar refractivity (Wildman–Crippen MR) is 71.4 cm³/mol. The molecule has 0 fully saturated rings. The summed E-state index contributed by atoms with van der Waals surface area (Å²) in [6.45, 7) is 2.08. The van der Waals surface area contributed by atoms with Crippen LogP contribution < -0.4 is 9.47 Å². The predicted octanol–water partition coefficient (Wildman–Crippen LogP) is 3.32. The summed E-state index contributed by atoms with van der Waals surface area (Å²) in [6.07, 6.45) is 2.46. The van der Waals surface area contributed by atoms with Gasteiger partial charge in [0, 0.05) is 0 Å². The Morgan fingerprint density at radius 3 is 2.63 bits per heavy atom. The molecule has 0 atom stereocenters. The lowest BCUT2D eigenvalue weighted by Crippen LogP contribution is -1.93. The standard InChI is InChI=1S/C15H14N2O2/c1-3-11-4-7-14(15(8-11)18-2)19-13-6-5-12(9-16)17-10-13/h4-8,10H,3H2,1-2H3. The number of hydrogen-bond acceptors (Lipinski definition) is 4. The van der Waals surface area contributed by atoms with Gasteiger partial charge in [-0.05, 0) is 36.2 Å². The van der Waals surface area contributed by atoms with Gasteiger partial charge in [0.05, 0.1) is 13.3 Å². The van der Waals surface area contributed by atoms with Crippen molar-refractivity contribution in [3.63, 3.8) is 0 Å². The molecule has 0 N–H and O–H groups in total. The summed E-state index contributed by atoms with van der Waals surface area (Å²) < 4.78 is 11.0. The number of aromatic nitrogens is 1. The van der Waals surface area contributed by atoms with Crippen molar-refractivity contribution < 1.29 is 9.47 Å². The average molecular weight is 254 g/mol. The fourth-order valence-corrected chi connectivity index (χ4v) is 1.65. The lowest BCUT2D eigenvalue weighted by atomic mass is 10.1. The summed E-state index contributed by atoms with van der Waals surface area (Å²) in [6, 6.07) is 11.1. The summed E-state index contributed by atoms with van der Waals surface area (Å²) in [7, 11) is 1.61. The molecule has 0 aliphatic rings. The van der Waals surface area contributed by atoms with Crippen molar-refractivity contribution in [1.82, 2.24) is 4.98 Å². The van der Waals surface area contributed by atoms with Crippen molar-refractivity contribution >= 4 is 0 Å². The average Bonchev–Trinajstić information content (AvgIpc) is 2.48. The van der Waals surface area contributed by atoms with Crippen molar-refractivity contribution in [2.24, 2.45) is 0 Å². The number of nitriles is 1. The van der Waals surface area contributed by atoms with E-state index in [9.17, 15) is 0 Å². The van der Waals surface area contributed by atoms with Gasteiger partial charge in [-0.15, -0.1) is 0 Å². The number of hydrogen-bond donors (Lipinski definition) is 0. The summed E-state index contributed by atoms with van der Waals surface area (Å²) in [5.41, 5.74) is 1.54. The zero-order valence-electron chi connectivity index (χ0n) is 10.9. The molecule has 0 aliphatic carbocycles. The van der Waals surface area contributed by atoms with Crippen molar-refractivity contribution in [2.75, 3.05) is 7.11 Å². The molecule has 0 bridgehead atoms. The van der Waals surface area contributed by atoms with Crippen LogP contribution in [-0.4, -0.2) is 12.1 Å². The highest BCUT2D eigenvalue weighted by molar-refractivity contribution is 5.45. The molecule has 1 heterocycles. The van der Waals surface area contributed by atoms with Crippen LogP contribution in [0.25, 0.3) is 0 Å². The molecule has 1 aromatic heterocycles. The van der Waals surface area contributed by atoms with E-state index < -0.39 is 0 Å². The smallest absolute Gasteiger partial charge is 0.169 e. The molecule has 0 saturated carbocycles. The van der Waals surface area contributed by atoms with E-state index >= 15 is 0 Å². The van der Waals surface area contributed by atoms with Crippen molar-refractivity contribution in [3.8, 4) is 23.3 Å². The van der Waals surface area contributed by atoms with Crippen LogP contribution in [0.2, 0.25) is 0 Å². The Morgan fingerprint density at radius 2 is 2.05 bits per heavy atom. The lowest BCUT2D eigenvalue weighted by Gasteiger charge is -2.11. The second-order valence-electron chi connectivity index (χ2n) is 3.93. The van der Waals surface area contributed by atoms with Gasteiger partial charge >= 0.3 is 0 Å². The summed E-state index contributed by atoms with van der Waals surface area (Å²) >= 11 is 0. The fraction of sp³-hybridized carbons (Fsp3) is 0.200. The highest BCUT2D eigenvalue weighted by atomic mass is 16.5. The number of pyridine rings is 1. The zero-order valence-corrected chi connectivity index (χ0v) is 10.9. The molecule has 19 heavy (non-hydrogen) atoms. The third-order valence-electron chi connectivity index (χ3n) is 2.71. The molecular weight excluding hydrogens is 240 g/mol. The number of benzene rings is 1. The molecule has 0 amide bonds. The largest absolute Gasteiger partial charge is 0.493 e. The number of rotatable bonds is 4. The maximum atomic E-state index is 8.68. The Labute approximate surface area is 112 Å². The first-order valence-corrected chi connectivity index (χ1v) is 5.97. The summed E-state index contributed by atoms with van der Waals surface area (Å²) in [4.78, 5) is 3.96. The molecule has 4 heteroatoms. The van der Waals surface area contributed by atoms with Gasteiger partial charge in [0.15, 0.2) is 11.5 Å². The van der Waals surface area contributed by atoms with Crippen LogP contribution >= 0.6 is 0 Å². The molecule has 2 aromatic rings. The molecule has 0 radical (unpaired) electrons. The number of nitrogens with zero attached hydrogens (tertiary/aromatic N) is 2. The third kappa shape index (κ3) is 3.02. The van der Waals surface area contributed by atoms with Crippen LogP contribution in [0.3, 0.4) is 0 Å². The Kier molecular flexibility index (Phi) is 3.99. The zero-order chi connectivity index (χ0) is 13.7. The summed E-state index contributed by atoms with van der Waals surface area (Å²) in [5.74, 6) is 1.89. The molecule has 0 spiro atoms. The van der Waals surface area contributed by atoms with Gasteiger partial charge in [0.25, 0.3) is 0 Å². The van der Waals surface area contributed by atoms with Crippen molar-refractivity contribution in [1.29, 1.82) is 5.26 Å². The lowest BCUT2D eigenvalue weighted by molar-refractivity contribution is 0.378. The number of methoxy groups -OCH3 is 1. The van der Waals surface area contributed by atoms with Crippen LogP contribution in [0.1, 0.15) is 18.2 Å². The molecule has 96 valence electrons. The van der Waals surface area contributed by atoms with E-state index in [1.54, 1.807) is 19.2 Å². The molecule has 0 saturated heterocycles. The van der Waals surface area contributed by atoms with Crippen LogP contribution in [0.4, 0.5) is 0 Å². The topological polar surface area (TPSA) is 55.1 Å². The third-order valence-corrected chi connectivity index (χ3v) is 2.71. The van der Waals surface area contributed by atoms with Gasteiger partial charge in [-0.3, -0.25) is 0 Å². The SMILES string of the molecule is CCc1ccc(Oc2ccc(C#N)nc2)c(OC)c1. The first-order valence-electron chi connectivity index (χ1n) is 5.97. The molecule has 2 rings (SSSR count). The molecule has 1 aromatic carbocycles. The van der Waals surface area contributed by atoms with E-state index in [2.05, 4.69) is 11.9 Å². The Bertz CT molecular complexity index is 601. The minimum Gasteiger partial charge on any atom is -0.493 e. The number of aryl methyl sites for hydroxylation is 1. The van der Waals surface area contributed by atoms with Crippen LogP contribution in [0, 0.1) is 11.3 Å². The minimum atomic E-state index is 0.362. The Hall–Kier alpha value is -2.54. The van der Waals surface area contributed by atoms with Crippen LogP contribution in [0.15, 0.2) is 36.5 Å². The van der Waals surface area contributed by atoms with Gasteiger partial charge in [-0.25, -0.2) is 4.98 Å². The van der Waals surface area contributed by atoms with Gasteiger partial charge in [0.1, 0.15) is 17.5 Å². The summed E-state index contributed by atoms with van der Waals surface area (Å²) in [5, 5.41) is 8.68. The molecule has 0 aliphatic heterocycles. The van der Waals surface area contributed by atoms with E-state index in [-0.39, 0.29) is 0 Å². The molecule has 4 nitrogen and oxygen atoms in total. The van der Waals surface area contributed by atoms with Crippen molar-refractivity contribution in [2.45, 2.75) is 13.3 Å². The van der Waals surface area contributed by atoms with Crippen molar-refractivity contribution in [3.05, 3.63) is 47.8 Å². The Morgan fingerprint density at radius 1 is 1.21 bits per heavy atom. The maximum absolute atomic E-state index is 8.68. The van der Waals surface area contributed by atoms with Crippen LogP contribution in [-0.2, 0) is 6.42 Å². The van der Waals surface area contributed by atoms with E-state index in [4.69, 9.17) is 14.7 Å². The fourth-order valence-electron chi connectivity index (χ4n) is 1.65. The van der Waals surface area contributed by atoms with Gasteiger partial charge in [0.2, 0.25) is 0 Å². The van der Waals surface area contributed by atoms with E-state index in [0.29, 0.717) is 22.9 Å². The first-order chi connectivity index (χ1) is 9.26. The van der Waals surface area contributed by atoms with Crippen LogP contribution in [0.5, 0.6) is 17.2 Å². The highest BCUT2D eigenvalue weighted by Gasteiger charge is 2.07. The number of ether oxygens (including phenoxy) is 2. The second kappa shape index (κ2) is 5.87. The van der Waals surface area contributed by atoms with Gasteiger partial charge in [-0.1, -0.05) is 13.0 Å². The Balaban J connectivity index is 2.24.